The van der Waals surface area contributed by atoms with Crippen molar-refractivity contribution >= 4 is 5.78 Å². The minimum atomic E-state index is 0.0370. The van der Waals surface area contributed by atoms with Gasteiger partial charge in [0, 0.05) is 18.4 Å². The van der Waals surface area contributed by atoms with E-state index in [4.69, 9.17) is 10.00 Å². The largest absolute Gasteiger partial charge is 0.493 e. The predicted molar refractivity (Wildman–Crippen MR) is 59.4 cm³/mol. The minimum absolute atomic E-state index is 0.0370. The molecule has 1 aromatic carbocycles. The van der Waals surface area contributed by atoms with E-state index >= 15 is 0 Å². The lowest BCUT2D eigenvalue weighted by molar-refractivity contribution is 0.0984. The maximum atomic E-state index is 11.7. The Bertz CT molecular complexity index is 446. The molecule has 0 radical (unpaired) electrons. The van der Waals surface area contributed by atoms with E-state index in [1.165, 1.54) is 0 Å². The van der Waals surface area contributed by atoms with Crippen LogP contribution < -0.4 is 4.74 Å². The molecule has 0 spiro atoms. The molecular weight excluding hydrogens is 202 g/mol. The monoisotopic (exact) mass is 215 g/mol. The van der Waals surface area contributed by atoms with Gasteiger partial charge in [0.1, 0.15) is 5.75 Å². The molecule has 0 saturated heterocycles. The van der Waals surface area contributed by atoms with Crippen molar-refractivity contribution in [3.8, 4) is 11.8 Å². The summed E-state index contributed by atoms with van der Waals surface area (Å²) < 4.78 is 5.48. The Balaban J connectivity index is 2.17. The third kappa shape index (κ3) is 2.22. The van der Waals surface area contributed by atoms with Gasteiger partial charge in [0.2, 0.25) is 0 Å². The Morgan fingerprint density at radius 1 is 1.50 bits per heavy atom. The summed E-state index contributed by atoms with van der Waals surface area (Å²) in [4.78, 5) is 11.7. The van der Waals surface area contributed by atoms with Crippen LogP contribution in [-0.2, 0) is 6.42 Å². The van der Waals surface area contributed by atoms with Crippen molar-refractivity contribution in [2.24, 2.45) is 0 Å². The topological polar surface area (TPSA) is 50.1 Å². The smallest absolute Gasteiger partial charge is 0.163 e. The minimum Gasteiger partial charge on any atom is -0.493 e. The molecule has 82 valence electrons. The van der Waals surface area contributed by atoms with Crippen molar-refractivity contribution in [3.63, 3.8) is 0 Å². The summed E-state index contributed by atoms with van der Waals surface area (Å²) in [6, 6.07) is 7.52. The van der Waals surface area contributed by atoms with Crippen molar-refractivity contribution in [3.05, 3.63) is 29.3 Å². The van der Waals surface area contributed by atoms with Gasteiger partial charge in [-0.15, -0.1) is 0 Å². The number of carbonyl (C=O) groups excluding carboxylic acids is 1. The fraction of sp³-hybridized carbons (Fsp3) is 0.385. The molecule has 0 aliphatic carbocycles. The van der Waals surface area contributed by atoms with Gasteiger partial charge in [0.05, 0.1) is 12.7 Å². The highest BCUT2D eigenvalue weighted by Gasteiger charge is 2.13. The number of aryl methyl sites for hydroxylation is 1. The second kappa shape index (κ2) is 4.80. The van der Waals surface area contributed by atoms with Crippen molar-refractivity contribution in [2.75, 3.05) is 6.61 Å². The molecule has 3 heteroatoms. The zero-order valence-electron chi connectivity index (χ0n) is 9.03. The fourth-order valence-corrected chi connectivity index (χ4v) is 1.85. The number of fused-ring (bicyclic) bond motifs is 1. The van der Waals surface area contributed by atoms with Crippen LogP contribution in [0.3, 0.4) is 0 Å². The van der Waals surface area contributed by atoms with Crippen molar-refractivity contribution in [1.82, 2.24) is 0 Å². The van der Waals surface area contributed by atoms with E-state index in [9.17, 15) is 4.79 Å². The van der Waals surface area contributed by atoms with E-state index in [0.29, 0.717) is 12.0 Å². The summed E-state index contributed by atoms with van der Waals surface area (Å²) in [6.07, 6.45) is 2.56. The molecule has 2 rings (SSSR count). The van der Waals surface area contributed by atoms with Crippen LogP contribution in [0.2, 0.25) is 0 Å². The molecule has 0 unspecified atom stereocenters. The first-order valence-corrected chi connectivity index (χ1v) is 5.47. The molecule has 0 N–H and O–H groups in total. The first-order valence-electron chi connectivity index (χ1n) is 5.47. The summed E-state index contributed by atoms with van der Waals surface area (Å²) in [5.41, 5.74) is 1.80. The van der Waals surface area contributed by atoms with Crippen LogP contribution in [0.15, 0.2) is 18.2 Å². The molecule has 16 heavy (non-hydrogen) atoms. The van der Waals surface area contributed by atoms with Crippen molar-refractivity contribution < 1.29 is 9.53 Å². The number of hydrogen-bond donors (Lipinski definition) is 0. The number of carbonyl (C=O) groups is 1. The van der Waals surface area contributed by atoms with E-state index in [0.717, 1.165) is 30.8 Å². The second-order valence-corrected chi connectivity index (χ2v) is 3.86. The van der Waals surface area contributed by atoms with Crippen LogP contribution in [0.4, 0.5) is 0 Å². The van der Waals surface area contributed by atoms with Crippen molar-refractivity contribution in [1.29, 1.82) is 5.26 Å². The molecule has 0 aromatic heterocycles. The van der Waals surface area contributed by atoms with E-state index in [1.807, 2.05) is 18.2 Å². The van der Waals surface area contributed by atoms with Crippen LogP contribution in [-0.4, -0.2) is 12.4 Å². The van der Waals surface area contributed by atoms with Gasteiger partial charge >= 0.3 is 0 Å². The molecule has 0 saturated carbocycles. The number of rotatable bonds is 3. The lowest BCUT2D eigenvalue weighted by Gasteiger charge is -2.17. The molecule has 0 bridgehead atoms. The Labute approximate surface area is 94.6 Å². The maximum absolute atomic E-state index is 11.7. The lowest BCUT2D eigenvalue weighted by atomic mass is 10.00. The van der Waals surface area contributed by atoms with Crippen LogP contribution >= 0.6 is 0 Å². The van der Waals surface area contributed by atoms with Gasteiger partial charge < -0.3 is 4.74 Å². The molecule has 0 amide bonds. The van der Waals surface area contributed by atoms with Gasteiger partial charge in [0.25, 0.3) is 0 Å². The Morgan fingerprint density at radius 3 is 3.19 bits per heavy atom. The van der Waals surface area contributed by atoms with E-state index in [1.54, 1.807) is 6.07 Å². The number of nitriles is 1. The summed E-state index contributed by atoms with van der Waals surface area (Å²) in [5.74, 6) is 0.929. The Hall–Kier alpha value is -1.82. The molecular formula is C13H13NO2. The van der Waals surface area contributed by atoms with Crippen LogP contribution in [0.1, 0.15) is 35.2 Å². The molecule has 1 aliphatic heterocycles. The normalized spacial score (nSPS) is 13.4. The molecule has 0 atom stereocenters. The van der Waals surface area contributed by atoms with Crippen LogP contribution in [0, 0.1) is 11.3 Å². The molecule has 1 aliphatic rings. The van der Waals surface area contributed by atoms with Gasteiger partial charge in [-0.1, -0.05) is 0 Å². The number of Topliss-reactive ketones (excluding diaryl/α,β-unsaturated/α-hetero) is 1. The number of nitrogens with zero attached hydrogens (tertiary/aromatic N) is 1. The first-order chi connectivity index (χ1) is 7.81. The highest BCUT2D eigenvalue weighted by atomic mass is 16.5. The summed E-state index contributed by atoms with van der Waals surface area (Å²) in [6.45, 7) is 0.759. The van der Waals surface area contributed by atoms with E-state index in [-0.39, 0.29) is 12.2 Å². The van der Waals surface area contributed by atoms with Gasteiger partial charge in [0.15, 0.2) is 5.78 Å². The van der Waals surface area contributed by atoms with Crippen molar-refractivity contribution in [2.45, 2.75) is 25.7 Å². The predicted octanol–water partition coefficient (Wildman–Crippen LogP) is 2.50. The fourth-order valence-electron chi connectivity index (χ4n) is 1.85. The third-order valence-corrected chi connectivity index (χ3v) is 2.69. The highest BCUT2D eigenvalue weighted by Crippen LogP contribution is 2.26. The Kier molecular flexibility index (Phi) is 3.21. The zero-order valence-corrected chi connectivity index (χ0v) is 9.03. The van der Waals surface area contributed by atoms with Gasteiger partial charge in [-0.05, 0) is 36.6 Å². The molecule has 1 aromatic rings. The quantitative estimate of drug-likeness (QED) is 0.728. The molecule has 0 fully saturated rings. The zero-order chi connectivity index (χ0) is 11.4. The Morgan fingerprint density at radius 2 is 2.38 bits per heavy atom. The van der Waals surface area contributed by atoms with Gasteiger partial charge in [-0.25, -0.2) is 0 Å². The van der Waals surface area contributed by atoms with Gasteiger partial charge in [-0.3, -0.25) is 4.79 Å². The first kappa shape index (κ1) is 10.7. The summed E-state index contributed by atoms with van der Waals surface area (Å²) in [7, 11) is 0. The third-order valence-electron chi connectivity index (χ3n) is 2.69. The van der Waals surface area contributed by atoms with Gasteiger partial charge in [-0.2, -0.15) is 5.26 Å². The number of hydrogen-bond acceptors (Lipinski definition) is 3. The highest BCUT2D eigenvalue weighted by molar-refractivity contribution is 5.96. The maximum Gasteiger partial charge on any atom is 0.163 e. The SMILES string of the molecule is N#CCCC(=O)c1ccc2c(c1)CCCO2. The number of ketones is 1. The lowest BCUT2D eigenvalue weighted by Crippen LogP contribution is -2.09. The van der Waals surface area contributed by atoms with E-state index < -0.39 is 0 Å². The number of benzene rings is 1. The molecule has 1 heterocycles. The van der Waals surface area contributed by atoms with Crippen LogP contribution in [0.5, 0.6) is 5.75 Å². The average molecular weight is 215 g/mol. The molecule has 3 nitrogen and oxygen atoms in total. The summed E-state index contributed by atoms with van der Waals surface area (Å²) in [5, 5.41) is 8.43. The van der Waals surface area contributed by atoms with E-state index in [2.05, 4.69) is 0 Å². The second-order valence-electron chi connectivity index (χ2n) is 3.86. The number of ether oxygens (including phenoxy) is 1. The standard InChI is InChI=1S/C13H13NO2/c14-7-1-4-12(15)10-5-6-13-11(9-10)3-2-8-16-13/h5-6,9H,1-4,8H2. The average Bonchev–Trinajstić information content (AvgIpc) is 2.35. The summed E-state index contributed by atoms with van der Waals surface area (Å²) >= 11 is 0. The van der Waals surface area contributed by atoms with Crippen LogP contribution in [0.25, 0.3) is 0 Å².